The second-order valence-corrected chi connectivity index (χ2v) is 7.01. The van der Waals surface area contributed by atoms with Gasteiger partial charge in [-0.2, -0.15) is 0 Å². The first-order valence-electron chi connectivity index (χ1n) is 9.62. The van der Waals surface area contributed by atoms with Gasteiger partial charge in [0.1, 0.15) is 11.6 Å². The van der Waals surface area contributed by atoms with Crippen molar-refractivity contribution in [1.29, 1.82) is 0 Å². The molecule has 2 amide bonds. The number of amides is 2. The number of rotatable bonds is 7. The van der Waals surface area contributed by atoms with Gasteiger partial charge in [0.25, 0.3) is 0 Å². The van der Waals surface area contributed by atoms with E-state index >= 15 is 0 Å². The molecule has 0 unspecified atom stereocenters. The number of likely N-dealkylation sites (tertiary alicyclic amines) is 1. The highest BCUT2D eigenvalue weighted by molar-refractivity contribution is 5.91. The summed E-state index contributed by atoms with van der Waals surface area (Å²) in [7, 11) is 0. The molecule has 148 valence electrons. The number of aryl methyl sites for hydroxylation is 1. The van der Waals surface area contributed by atoms with E-state index in [1.807, 2.05) is 4.90 Å². The molecule has 3 rings (SSSR count). The van der Waals surface area contributed by atoms with E-state index in [9.17, 15) is 14.0 Å². The van der Waals surface area contributed by atoms with Gasteiger partial charge in [-0.15, -0.1) is 0 Å². The lowest BCUT2D eigenvalue weighted by atomic mass is 9.96. The lowest BCUT2D eigenvalue weighted by Crippen LogP contribution is -2.41. The number of hydrogen-bond acceptors (Lipinski definition) is 3. The SMILES string of the molecule is O=C(CCc1ccccc1F)NCC1CCN(C(=O)C=Cc2ccco2)CC1. The predicted octanol–water partition coefficient (Wildman–Crippen LogP) is 3.42. The highest BCUT2D eigenvalue weighted by Crippen LogP contribution is 2.17. The first-order valence-corrected chi connectivity index (χ1v) is 9.62. The van der Waals surface area contributed by atoms with E-state index < -0.39 is 0 Å². The summed E-state index contributed by atoms with van der Waals surface area (Å²) >= 11 is 0. The number of piperidine rings is 1. The van der Waals surface area contributed by atoms with Crippen LogP contribution >= 0.6 is 0 Å². The molecule has 0 spiro atoms. The molecular formula is C22H25FN2O3. The summed E-state index contributed by atoms with van der Waals surface area (Å²) in [5.41, 5.74) is 0.562. The Morgan fingerprint density at radius 3 is 2.68 bits per heavy atom. The molecule has 5 nitrogen and oxygen atoms in total. The van der Waals surface area contributed by atoms with Crippen LogP contribution in [0.3, 0.4) is 0 Å². The van der Waals surface area contributed by atoms with E-state index in [2.05, 4.69) is 5.32 Å². The number of furan rings is 1. The van der Waals surface area contributed by atoms with E-state index in [1.165, 1.54) is 12.1 Å². The first kappa shape index (κ1) is 19.9. The lowest BCUT2D eigenvalue weighted by molar-refractivity contribution is -0.127. The van der Waals surface area contributed by atoms with Crippen LogP contribution in [0.4, 0.5) is 4.39 Å². The molecule has 28 heavy (non-hydrogen) atoms. The van der Waals surface area contributed by atoms with Crippen LogP contribution in [-0.2, 0) is 16.0 Å². The molecule has 1 aliphatic rings. The van der Waals surface area contributed by atoms with Crippen LogP contribution in [0.25, 0.3) is 6.08 Å². The minimum atomic E-state index is -0.270. The Hall–Kier alpha value is -2.89. The van der Waals surface area contributed by atoms with E-state index in [1.54, 1.807) is 42.7 Å². The van der Waals surface area contributed by atoms with Crippen molar-refractivity contribution in [3.8, 4) is 0 Å². The van der Waals surface area contributed by atoms with E-state index in [0.717, 1.165) is 12.8 Å². The van der Waals surface area contributed by atoms with E-state index in [0.29, 0.717) is 43.3 Å². The molecule has 2 aromatic rings. The number of carbonyl (C=O) groups excluding carboxylic acids is 2. The molecule has 1 aromatic heterocycles. The molecule has 2 heterocycles. The van der Waals surface area contributed by atoms with E-state index in [-0.39, 0.29) is 24.1 Å². The van der Waals surface area contributed by atoms with Crippen LogP contribution in [-0.4, -0.2) is 36.3 Å². The third-order valence-electron chi connectivity index (χ3n) is 5.03. The average molecular weight is 384 g/mol. The average Bonchev–Trinajstić information content (AvgIpc) is 3.24. The zero-order valence-corrected chi connectivity index (χ0v) is 15.8. The van der Waals surface area contributed by atoms with Gasteiger partial charge in [-0.1, -0.05) is 18.2 Å². The van der Waals surface area contributed by atoms with Crippen LogP contribution in [0.15, 0.2) is 53.2 Å². The standard InChI is InChI=1S/C22H25FN2O3/c23-20-6-2-1-4-18(20)7-9-21(26)24-16-17-11-13-25(14-12-17)22(27)10-8-19-5-3-15-28-19/h1-6,8,10,15,17H,7,9,11-14,16H2,(H,24,26). The summed E-state index contributed by atoms with van der Waals surface area (Å²) in [6, 6.07) is 10.1. The monoisotopic (exact) mass is 384 g/mol. The third-order valence-corrected chi connectivity index (χ3v) is 5.03. The molecule has 1 fully saturated rings. The predicted molar refractivity (Wildman–Crippen MR) is 105 cm³/mol. The van der Waals surface area contributed by atoms with Crippen LogP contribution in [0.1, 0.15) is 30.6 Å². The van der Waals surface area contributed by atoms with Gasteiger partial charge < -0.3 is 14.6 Å². The van der Waals surface area contributed by atoms with Crippen molar-refractivity contribution in [2.45, 2.75) is 25.7 Å². The molecular weight excluding hydrogens is 359 g/mol. The summed E-state index contributed by atoms with van der Waals surface area (Å²) in [5, 5.41) is 2.94. The van der Waals surface area contributed by atoms with Gasteiger partial charge in [-0.05, 0) is 55.0 Å². The fourth-order valence-electron chi connectivity index (χ4n) is 3.30. The minimum Gasteiger partial charge on any atom is -0.465 e. The zero-order chi connectivity index (χ0) is 19.8. The normalized spacial score (nSPS) is 15.1. The Morgan fingerprint density at radius 2 is 1.96 bits per heavy atom. The Labute approximate surface area is 164 Å². The van der Waals surface area contributed by atoms with E-state index in [4.69, 9.17) is 4.42 Å². The second kappa shape index (κ2) is 9.88. The number of nitrogens with one attached hydrogen (secondary N) is 1. The van der Waals surface area contributed by atoms with Gasteiger partial charge in [0.2, 0.25) is 11.8 Å². The third kappa shape index (κ3) is 5.81. The maximum Gasteiger partial charge on any atom is 0.246 e. The Bertz CT molecular complexity index is 809. The van der Waals surface area contributed by atoms with Crippen LogP contribution in [0.5, 0.6) is 0 Å². The quantitative estimate of drug-likeness (QED) is 0.744. The summed E-state index contributed by atoms with van der Waals surface area (Å²) in [6.07, 6.45) is 7.15. The van der Waals surface area contributed by atoms with Gasteiger partial charge in [0, 0.05) is 32.1 Å². The molecule has 0 aliphatic carbocycles. The summed E-state index contributed by atoms with van der Waals surface area (Å²) in [5.74, 6) is 0.650. The van der Waals surface area contributed by atoms with Gasteiger partial charge in [0.05, 0.1) is 6.26 Å². The molecule has 0 atom stereocenters. The van der Waals surface area contributed by atoms with Gasteiger partial charge in [-0.3, -0.25) is 9.59 Å². The van der Waals surface area contributed by atoms with Crippen LogP contribution < -0.4 is 5.32 Å². The van der Waals surface area contributed by atoms with Crippen molar-refractivity contribution in [3.63, 3.8) is 0 Å². The fraction of sp³-hybridized carbons (Fsp3) is 0.364. The lowest BCUT2D eigenvalue weighted by Gasteiger charge is -2.31. The summed E-state index contributed by atoms with van der Waals surface area (Å²) in [4.78, 5) is 26.1. The van der Waals surface area contributed by atoms with Crippen molar-refractivity contribution in [2.24, 2.45) is 5.92 Å². The highest BCUT2D eigenvalue weighted by Gasteiger charge is 2.22. The number of carbonyl (C=O) groups is 2. The van der Waals surface area contributed by atoms with Crippen LogP contribution in [0.2, 0.25) is 0 Å². The molecule has 0 saturated carbocycles. The number of halogens is 1. The zero-order valence-electron chi connectivity index (χ0n) is 15.8. The molecule has 0 bridgehead atoms. The smallest absolute Gasteiger partial charge is 0.246 e. The number of nitrogens with zero attached hydrogens (tertiary/aromatic N) is 1. The fourth-order valence-corrected chi connectivity index (χ4v) is 3.30. The van der Waals surface area contributed by atoms with Crippen LogP contribution in [0, 0.1) is 11.7 Å². The number of benzene rings is 1. The molecule has 0 radical (unpaired) electrons. The van der Waals surface area contributed by atoms with Crippen molar-refractivity contribution < 1.29 is 18.4 Å². The van der Waals surface area contributed by atoms with Crippen molar-refractivity contribution >= 4 is 17.9 Å². The minimum absolute atomic E-state index is 0.0243. The summed E-state index contributed by atoms with van der Waals surface area (Å²) < 4.78 is 18.8. The largest absolute Gasteiger partial charge is 0.465 e. The molecule has 1 N–H and O–H groups in total. The molecule has 6 heteroatoms. The Kier molecular flexibility index (Phi) is 7.00. The summed E-state index contributed by atoms with van der Waals surface area (Å²) in [6.45, 7) is 1.95. The Balaban J connectivity index is 1.34. The first-order chi connectivity index (χ1) is 13.6. The van der Waals surface area contributed by atoms with Crippen molar-refractivity contribution in [3.05, 3.63) is 65.9 Å². The van der Waals surface area contributed by atoms with Crippen molar-refractivity contribution in [2.75, 3.05) is 19.6 Å². The molecule has 1 aromatic carbocycles. The molecule has 1 aliphatic heterocycles. The Morgan fingerprint density at radius 1 is 1.18 bits per heavy atom. The maximum absolute atomic E-state index is 13.6. The van der Waals surface area contributed by atoms with Gasteiger partial charge in [0.15, 0.2) is 0 Å². The topological polar surface area (TPSA) is 62.6 Å². The highest BCUT2D eigenvalue weighted by atomic mass is 19.1. The van der Waals surface area contributed by atoms with Gasteiger partial charge >= 0.3 is 0 Å². The second-order valence-electron chi connectivity index (χ2n) is 7.01. The maximum atomic E-state index is 13.6. The number of hydrogen-bond donors (Lipinski definition) is 1. The molecule has 1 saturated heterocycles. The van der Waals surface area contributed by atoms with Gasteiger partial charge in [-0.25, -0.2) is 4.39 Å². The van der Waals surface area contributed by atoms with Crippen molar-refractivity contribution in [1.82, 2.24) is 10.2 Å².